The van der Waals surface area contributed by atoms with Gasteiger partial charge in [0.15, 0.2) is 0 Å². The van der Waals surface area contributed by atoms with E-state index in [1.54, 1.807) is 6.07 Å². The normalized spacial score (nSPS) is 11.3. The average Bonchev–Trinajstić information content (AvgIpc) is 2.25. The zero-order valence-corrected chi connectivity index (χ0v) is 10.3. The van der Waals surface area contributed by atoms with E-state index >= 15 is 0 Å². The van der Waals surface area contributed by atoms with Gasteiger partial charge in [-0.2, -0.15) is 14.0 Å². The Morgan fingerprint density at radius 2 is 2.11 bits per heavy atom. The fraction of sp³-hybridized carbons (Fsp3) is 0.222. The van der Waals surface area contributed by atoms with Gasteiger partial charge in [0.1, 0.15) is 10.6 Å². The summed E-state index contributed by atoms with van der Waals surface area (Å²) in [4.78, 5) is -0.647. The quantitative estimate of drug-likeness (QED) is 0.851. The van der Waals surface area contributed by atoms with Crippen molar-refractivity contribution in [3.63, 3.8) is 0 Å². The lowest BCUT2D eigenvalue weighted by Crippen LogP contribution is -2.10. The Balaban J connectivity index is 3.59. The lowest BCUT2D eigenvalue weighted by molar-refractivity contribution is -0.0518. The molecule has 0 radical (unpaired) electrons. The van der Waals surface area contributed by atoms with E-state index in [0.717, 1.165) is 12.1 Å². The van der Waals surface area contributed by atoms with Crippen LogP contribution in [0.25, 0.3) is 0 Å². The molecule has 0 heterocycles. The minimum absolute atomic E-state index is 0.0600. The van der Waals surface area contributed by atoms with E-state index < -0.39 is 26.3 Å². The molecule has 1 aromatic rings. The topological polar surface area (TPSA) is 93.2 Å². The molecule has 0 bridgehead atoms. The van der Waals surface area contributed by atoms with Gasteiger partial charge in [0.25, 0.3) is 9.05 Å². The summed E-state index contributed by atoms with van der Waals surface area (Å²) in [5.74, 6) is -0.695. The first-order valence-corrected chi connectivity index (χ1v) is 6.77. The molecule has 0 amide bonds. The number of halogens is 3. The van der Waals surface area contributed by atoms with Crippen molar-refractivity contribution in [2.24, 2.45) is 5.73 Å². The highest BCUT2D eigenvalue weighted by Gasteiger charge is 2.24. The summed E-state index contributed by atoms with van der Waals surface area (Å²) in [6.45, 7) is -3.54. The molecule has 0 atom stereocenters. The van der Waals surface area contributed by atoms with E-state index in [4.69, 9.17) is 21.7 Å². The lowest BCUT2D eigenvalue weighted by Gasteiger charge is -2.12. The number of benzene rings is 1. The Morgan fingerprint density at radius 1 is 1.50 bits per heavy atom. The molecule has 2 N–H and O–H groups in total. The summed E-state index contributed by atoms with van der Waals surface area (Å²) in [5, 5.41) is 8.69. The summed E-state index contributed by atoms with van der Waals surface area (Å²) in [7, 11) is 0.813. The third-order valence-electron chi connectivity index (χ3n) is 1.94. The molecular formula is C9H7ClF2N2O3S. The average molecular weight is 297 g/mol. The van der Waals surface area contributed by atoms with Gasteiger partial charge in [-0.3, -0.25) is 0 Å². The third-order valence-corrected chi connectivity index (χ3v) is 3.35. The predicted octanol–water partition coefficient (Wildman–Crippen LogP) is 1.55. The van der Waals surface area contributed by atoms with Crippen LogP contribution >= 0.6 is 10.7 Å². The third kappa shape index (κ3) is 3.29. The first-order chi connectivity index (χ1) is 8.29. The van der Waals surface area contributed by atoms with Crippen LogP contribution in [0.5, 0.6) is 5.75 Å². The molecule has 0 unspecified atom stereocenters. The highest BCUT2D eigenvalue weighted by molar-refractivity contribution is 8.13. The molecule has 0 saturated carbocycles. The highest BCUT2D eigenvalue weighted by atomic mass is 35.7. The minimum Gasteiger partial charge on any atom is -0.433 e. The van der Waals surface area contributed by atoms with E-state index in [9.17, 15) is 17.2 Å². The Labute approximate surface area is 106 Å². The van der Waals surface area contributed by atoms with Gasteiger partial charge in [-0.15, -0.1) is 0 Å². The van der Waals surface area contributed by atoms with E-state index in [2.05, 4.69) is 4.74 Å². The molecule has 0 fully saturated rings. The van der Waals surface area contributed by atoms with Crippen molar-refractivity contribution in [3.05, 3.63) is 23.3 Å². The maximum absolute atomic E-state index is 12.2. The van der Waals surface area contributed by atoms with Gasteiger partial charge >= 0.3 is 6.61 Å². The van der Waals surface area contributed by atoms with Crippen LogP contribution in [-0.4, -0.2) is 15.0 Å². The summed E-state index contributed by atoms with van der Waals surface area (Å²) in [6.07, 6.45) is 0. The maximum Gasteiger partial charge on any atom is 0.387 e. The van der Waals surface area contributed by atoms with Crippen molar-refractivity contribution in [2.75, 3.05) is 0 Å². The molecule has 0 aliphatic rings. The highest BCUT2D eigenvalue weighted by Crippen LogP contribution is 2.32. The number of rotatable bonds is 4. The van der Waals surface area contributed by atoms with Crippen LogP contribution in [0.2, 0.25) is 0 Å². The summed E-state index contributed by atoms with van der Waals surface area (Å²) in [5.41, 5.74) is 5.17. The number of hydrogen-bond acceptors (Lipinski definition) is 5. The Bertz CT molecular complexity index is 599. The first-order valence-electron chi connectivity index (χ1n) is 4.46. The number of nitrogens with zero attached hydrogens (tertiary/aromatic N) is 1. The monoisotopic (exact) mass is 296 g/mol. The SMILES string of the molecule is N#Cc1cc(CN)c(S(=O)(=O)Cl)c(OC(F)F)c1. The van der Waals surface area contributed by atoms with Crippen molar-refractivity contribution < 1.29 is 21.9 Å². The summed E-state index contributed by atoms with van der Waals surface area (Å²) >= 11 is 0. The van der Waals surface area contributed by atoms with Crippen LogP contribution < -0.4 is 10.5 Å². The van der Waals surface area contributed by atoms with Crippen molar-refractivity contribution in [2.45, 2.75) is 18.1 Å². The molecule has 1 aromatic carbocycles. The molecule has 0 saturated heterocycles. The van der Waals surface area contributed by atoms with Crippen molar-refractivity contribution in [1.82, 2.24) is 0 Å². The van der Waals surface area contributed by atoms with Crippen LogP contribution in [0, 0.1) is 11.3 Å². The first kappa shape index (κ1) is 14.6. The Morgan fingerprint density at radius 3 is 2.50 bits per heavy atom. The molecule has 0 aliphatic heterocycles. The van der Waals surface area contributed by atoms with E-state index in [1.165, 1.54) is 0 Å². The van der Waals surface area contributed by atoms with E-state index in [1.807, 2.05) is 0 Å². The Kier molecular flexibility index (Phi) is 4.45. The maximum atomic E-state index is 12.2. The Hall–Kier alpha value is -1.43. The van der Waals surface area contributed by atoms with Gasteiger partial charge in [0.05, 0.1) is 11.6 Å². The largest absolute Gasteiger partial charge is 0.433 e. The molecule has 0 spiro atoms. The van der Waals surface area contributed by atoms with Crippen molar-refractivity contribution >= 4 is 19.7 Å². The second kappa shape index (κ2) is 5.48. The fourth-order valence-corrected chi connectivity index (χ4v) is 2.66. The number of hydrogen-bond donors (Lipinski definition) is 1. The standard InChI is InChI=1S/C9H7ClF2N2O3S/c10-18(15,16)8-6(4-14)1-5(3-13)2-7(8)17-9(11)12/h1-2,9H,4,14H2. The molecule has 18 heavy (non-hydrogen) atoms. The molecule has 9 heteroatoms. The summed E-state index contributed by atoms with van der Waals surface area (Å²) in [6, 6.07) is 3.68. The number of alkyl halides is 2. The van der Waals surface area contributed by atoms with Crippen LogP contribution in [-0.2, 0) is 15.6 Å². The molecule has 0 aliphatic carbocycles. The van der Waals surface area contributed by atoms with Gasteiger partial charge in [0, 0.05) is 17.2 Å². The van der Waals surface area contributed by atoms with Gasteiger partial charge in [-0.05, 0) is 17.7 Å². The van der Waals surface area contributed by atoms with Gasteiger partial charge in [0.2, 0.25) is 0 Å². The molecule has 98 valence electrons. The van der Waals surface area contributed by atoms with E-state index in [-0.39, 0.29) is 17.7 Å². The second-order valence-electron chi connectivity index (χ2n) is 3.09. The van der Waals surface area contributed by atoms with Crippen LogP contribution in [0.15, 0.2) is 17.0 Å². The zero-order valence-electron chi connectivity index (χ0n) is 8.73. The molecule has 0 aromatic heterocycles. The summed E-state index contributed by atoms with van der Waals surface area (Å²) < 4.78 is 51.1. The number of nitriles is 1. The molecular weight excluding hydrogens is 290 g/mol. The minimum atomic E-state index is -4.32. The second-order valence-corrected chi connectivity index (χ2v) is 5.60. The van der Waals surface area contributed by atoms with Crippen molar-refractivity contribution in [3.8, 4) is 11.8 Å². The molecule has 5 nitrogen and oxygen atoms in total. The van der Waals surface area contributed by atoms with Crippen molar-refractivity contribution in [1.29, 1.82) is 5.26 Å². The lowest BCUT2D eigenvalue weighted by atomic mass is 10.1. The number of nitrogens with two attached hydrogens (primary N) is 1. The van der Waals surface area contributed by atoms with Gasteiger partial charge < -0.3 is 10.5 Å². The van der Waals surface area contributed by atoms with E-state index in [0.29, 0.717) is 0 Å². The molecule has 1 rings (SSSR count). The number of ether oxygens (including phenoxy) is 1. The van der Waals surface area contributed by atoms with Crippen LogP contribution in [0.3, 0.4) is 0 Å². The fourth-order valence-electron chi connectivity index (χ4n) is 1.34. The van der Waals surface area contributed by atoms with Crippen LogP contribution in [0.1, 0.15) is 11.1 Å². The van der Waals surface area contributed by atoms with Gasteiger partial charge in [-0.1, -0.05) is 0 Å². The van der Waals surface area contributed by atoms with Crippen LogP contribution in [0.4, 0.5) is 8.78 Å². The smallest absolute Gasteiger partial charge is 0.387 e. The zero-order chi connectivity index (χ0) is 13.9. The predicted molar refractivity (Wildman–Crippen MR) is 58.7 cm³/mol. The van der Waals surface area contributed by atoms with Gasteiger partial charge in [-0.25, -0.2) is 8.42 Å².